The molecular formula is C15H21ClN2O3. The second-order valence-electron chi connectivity index (χ2n) is 5.49. The number of ether oxygens (including phenoxy) is 2. The Hall–Kier alpha value is -1.46. The predicted molar refractivity (Wildman–Crippen MR) is 81.6 cm³/mol. The molecule has 2 atom stereocenters. The highest BCUT2D eigenvalue weighted by atomic mass is 35.5. The zero-order valence-electron chi connectivity index (χ0n) is 11.8. The van der Waals surface area contributed by atoms with Gasteiger partial charge in [-0.3, -0.25) is 4.79 Å². The Morgan fingerprint density at radius 3 is 3.00 bits per heavy atom. The van der Waals surface area contributed by atoms with E-state index in [0.717, 1.165) is 42.7 Å². The number of amides is 1. The first kappa shape index (κ1) is 15.9. The number of nitrogens with one attached hydrogen (secondary N) is 1. The number of fused-ring (bicyclic) bond motifs is 1. The zero-order chi connectivity index (χ0) is 13.9. The van der Waals surface area contributed by atoms with E-state index in [4.69, 9.17) is 15.2 Å². The van der Waals surface area contributed by atoms with Gasteiger partial charge in [-0.2, -0.15) is 0 Å². The molecule has 21 heavy (non-hydrogen) atoms. The van der Waals surface area contributed by atoms with Gasteiger partial charge in [0.1, 0.15) is 0 Å². The van der Waals surface area contributed by atoms with Gasteiger partial charge in [0.05, 0.1) is 0 Å². The quantitative estimate of drug-likeness (QED) is 0.895. The maximum Gasteiger partial charge on any atom is 0.231 e. The standard InChI is InChI=1S/C15H20N2O3.ClH/c16-12-5-1-3-10(7-12)15(18)17-8-11-4-2-6-13-14(11)20-9-19-13;/h2,4,6,10,12H,1,3,5,7-9,16H2,(H,17,18);1H. The van der Waals surface area contributed by atoms with Crippen molar-refractivity contribution in [3.05, 3.63) is 23.8 Å². The van der Waals surface area contributed by atoms with E-state index in [9.17, 15) is 4.79 Å². The van der Waals surface area contributed by atoms with Crippen LogP contribution in [-0.2, 0) is 11.3 Å². The van der Waals surface area contributed by atoms with Crippen LogP contribution in [0.3, 0.4) is 0 Å². The van der Waals surface area contributed by atoms with Crippen molar-refractivity contribution in [3.63, 3.8) is 0 Å². The summed E-state index contributed by atoms with van der Waals surface area (Å²) in [4.78, 5) is 12.2. The van der Waals surface area contributed by atoms with Gasteiger partial charge in [-0.05, 0) is 25.3 Å². The number of hydrogen-bond donors (Lipinski definition) is 2. The van der Waals surface area contributed by atoms with Crippen molar-refractivity contribution in [2.24, 2.45) is 11.7 Å². The van der Waals surface area contributed by atoms with Gasteiger partial charge in [-0.25, -0.2) is 0 Å². The number of halogens is 1. The molecule has 0 bridgehead atoms. The SMILES string of the molecule is Cl.NC1CCCC(C(=O)NCc2cccc3c2OCO3)C1. The van der Waals surface area contributed by atoms with Crippen LogP contribution in [0.4, 0.5) is 0 Å². The molecule has 1 aliphatic heterocycles. The molecule has 6 heteroatoms. The Balaban J connectivity index is 0.00000161. The molecule has 2 aliphatic rings. The lowest BCUT2D eigenvalue weighted by Gasteiger charge is -2.25. The third kappa shape index (κ3) is 3.60. The largest absolute Gasteiger partial charge is 0.454 e. The first-order valence-corrected chi connectivity index (χ1v) is 7.15. The van der Waals surface area contributed by atoms with Crippen LogP contribution in [-0.4, -0.2) is 18.7 Å². The van der Waals surface area contributed by atoms with E-state index < -0.39 is 0 Å². The van der Waals surface area contributed by atoms with Crippen LogP contribution in [0.1, 0.15) is 31.2 Å². The van der Waals surface area contributed by atoms with Crippen LogP contribution in [0.5, 0.6) is 11.5 Å². The van der Waals surface area contributed by atoms with Crippen LogP contribution in [0.25, 0.3) is 0 Å². The molecule has 2 unspecified atom stereocenters. The molecule has 0 radical (unpaired) electrons. The number of rotatable bonds is 3. The highest BCUT2D eigenvalue weighted by molar-refractivity contribution is 5.85. The van der Waals surface area contributed by atoms with Gasteiger partial charge in [0.15, 0.2) is 11.5 Å². The molecular weight excluding hydrogens is 292 g/mol. The summed E-state index contributed by atoms with van der Waals surface area (Å²) in [6.45, 7) is 0.717. The van der Waals surface area contributed by atoms with Crippen LogP contribution < -0.4 is 20.5 Å². The molecule has 5 nitrogen and oxygen atoms in total. The minimum atomic E-state index is 0. The van der Waals surface area contributed by atoms with Crippen molar-refractivity contribution in [2.45, 2.75) is 38.3 Å². The smallest absolute Gasteiger partial charge is 0.231 e. The Kier molecular flexibility index (Phi) is 5.31. The molecule has 1 fully saturated rings. The molecule has 0 spiro atoms. The fourth-order valence-electron chi connectivity index (χ4n) is 2.92. The summed E-state index contributed by atoms with van der Waals surface area (Å²) in [5.41, 5.74) is 6.88. The summed E-state index contributed by atoms with van der Waals surface area (Å²) < 4.78 is 10.8. The lowest BCUT2D eigenvalue weighted by Crippen LogP contribution is -2.37. The van der Waals surface area contributed by atoms with E-state index in [-0.39, 0.29) is 37.1 Å². The maximum absolute atomic E-state index is 12.2. The second kappa shape index (κ2) is 7.00. The summed E-state index contributed by atoms with van der Waals surface area (Å²) in [7, 11) is 0. The summed E-state index contributed by atoms with van der Waals surface area (Å²) in [6.07, 6.45) is 3.79. The minimum Gasteiger partial charge on any atom is -0.454 e. The molecule has 3 N–H and O–H groups in total. The molecule has 3 rings (SSSR count). The third-order valence-corrected chi connectivity index (χ3v) is 4.02. The van der Waals surface area contributed by atoms with Gasteiger partial charge in [-0.15, -0.1) is 12.4 Å². The molecule has 116 valence electrons. The number of benzene rings is 1. The van der Waals surface area contributed by atoms with E-state index in [1.807, 2.05) is 18.2 Å². The fraction of sp³-hybridized carbons (Fsp3) is 0.533. The summed E-state index contributed by atoms with van der Waals surface area (Å²) in [5.74, 6) is 1.63. The molecule has 1 heterocycles. The van der Waals surface area contributed by atoms with Crippen LogP contribution in [0, 0.1) is 5.92 Å². The number of hydrogen-bond acceptors (Lipinski definition) is 4. The molecule has 1 saturated carbocycles. The molecule has 0 saturated heterocycles. The normalized spacial score (nSPS) is 23.3. The Labute approximate surface area is 130 Å². The predicted octanol–water partition coefficient (Wildman–Crippen LogP) is 1.97. The highest BCUT2D eigenvalue weighted by Crippen LogP contribution is 2.35. The van der Waals surface area contributed by atoms with Gasteiger partial charge in [0, 0.05) is 24.1 Å². The minimum absolute atomic E-state index is 0. The molecule has 1 aromatic carbocycles. The van der Waals surface area contributed by atoms with E-state index in [0.29, 0.717) is 6.54 Å². The monoisotopic (exact) mass is 312 g/mol. The van der Waals surface area contributed by atoms with Crippen molar-refractivity contribution < 1.29 is 14.3 Å². The van der Waals surface area contributed by atoms with Gasteiger partial charge < -0.3 is 20.5 Å². The number of carbonyl (C=O) groups excluding carboxylic acids is 1. The second-order valence-corrected chi connectivity index (χ2v) is 5.49. The third-order valence-electron chi connectivity index (χ3n) is 4.02. The average molecular weight is 313 g/mol. The van der Waals surface area contributed by atoms with E-state index in [1.54, 1.807) is 0 Å². The van der Waals surface area contributed by atoms with Crippen LogP contribution in [0.2, 0.25) is 0 Å². The molecule has 0 aromatic heterocycles. The molecule has 1 aliphatic carbocycles. The molecule has 1 aromatic rings. The van der Waals surface area contributed by atoms with Crippen LogP contribution in [0.15, 0.2) is 18.2 Å². The molecule has 1 amide bonds. The summed E-state index contributed by atoms with van der Waals surface area (Å²) >= 11 is 0. The van der Waals surface area contributed by atoms with Gasteiger partial charge in [0.2, 0.25) is 12.7 Å². The number of nitrogens with two attached hydrogens (primary N) is 1. The van der Waals surface area contributed by atoms with E-state index in [1.165, 1.54) is 0 Å². The zero-order valence-corrected chi connectivity index (χ0v) is 12.7. The van der Waals surface area contributed by atoms with Gasteiger partial charge in [0.25, 0.3) is 0 Å². The summed E-state index contributed by atoms with van der Waals surface area (Å²) in [5, 5.41) is 2.99. The first-order valence-electron chi connectivity index (χ1n) is 7.15. The lowest BCUT2D eigenvalue weighted by atomic mass is 9.85. The Bertz CT molecular complexity index is 510. The topological polar surface area (TPSA) is 73.6 Å². The summed E-state index contributed by atoms with van der Waals surface area (Å²) in [6, 6.07) is 5.89. The van der Waals surface area contributed by atoms with E-state index >= 15 is 0 Å². The first-order chi connectivity index (χ1) is 9.74. The average Bonchev–Trinajstić information content (AvgIpc) is 2.93. The van der Waals surface area contributed by atoms with Gasteiger partial charge in [-0.1, -0.05) is 18.6 Å². The van der Waals surface area contributed by atoms with Crippen molar-refractivity contribution in [1.29, 1.82) is 0 Å². The van der Waals surface area contributed by atoms with Crippen LogP contribution >= 0.6 is 12.4 Å². The number of para-hydroxylation sites is 1. The van der Waals surface area contributed by atoms with Crippen molar-refractivity contribution in [2.75, 3.05) is 6.79 Å². The van der Waals surface area contributed by atoms with Crippen molar-refractivity contribution >= 4 is 18.3 Å². The Morgan fingerprint density at radius 2 is 2.19 bits per heavy atom. The highest BCUT2D eigenvalue weighted by Gasteiger charge is 2.25. The Morgan fingerprint density at radius 1 is 1.33 bits per heavy atom. The van der Waals surface area contributed by atoms with Crippen molar-refractivity contribution in [3.8, 4) is 11.5 Å². The number of carbonyl (C=O) groups is 1. The van der Waals surface area contributed by atoms with Gasteiger partial charge >= 0.3 is 0 Å². The van der Waals surface area contributed by atoms with E-state index in [2.05, 4.69) is 5.32 Å². The fourth-order valence-corrected chi connectivity index (χ4v) is 2.92. The maximum atomic E-state index is 12.2. The lowest BCUT2D eigenvalue weighted by molar-refractivity contribution is -0.126. The van der Waals surface area contributed by atoms with Crippen molar-refractivity contribution in [1.82, 2.24) is 5.32 Å².